The Balaban J connectivity index is 1.67. The number of nitrogens with one attached hydrogen (secondary N) is 1. The van der Waals surface area contributed by atoms with Crippen molar-refractivity contribution in [3.05, 3.63) is 40.8 Å². The first-order chi connectivity index (χ1) is 14.0. The van der Waals surface area contributed by atoms with E-state index in [0.29, 0.717) is 34.4 Å². The monoisotopic (exact) mass is 438 g/mol. The maximum Gasteiger partial charge on any atom is 0.255 e. The third-order valence-electron chi connectivity index (χ3n) is 4.87. The number of hydrogen-bond donors (Lipinski definition) is 1. The van der Waals surface area contributed by atoms with Gasteiger partial charge in [-0.1, -0.05) is 12.8 Å². The molecule has 29 heavy (non-hydrogen) atoms. The van der Waals surface area contributed by atoms with Crippen LogP contribution in [0.1, 0.15) is 40.9 Å². The van der Waals surface area contributed by atoms with Crippen LogP contribution in [0.5, 0.6) is 11.5 Å². The average Bonchev–Trinajstić information content (AvgIpc) is 3.05. The van der Waals surface area contributed by atoms with E-state index in [2.05, 4.69) is 5.32 Å². The van der Waals surface area contributed by atoms with E-state index < -0.39 is 10.0 Å². The fourth-order valence-corrected chi connectivity index (χ4v) is 6.22. The van der Waals surface area contributed by atoms with E-state index in [1.54, 1.807) is 41.7 Å². The Bertz CT molecular complexity index is 948. The van der Waals surface area contributed by atoms with Crippen molar-refractivity contribution in [1.82, 2.24) is 9.62 Å². The lowest BCUT2D eigenvalue weighted by molar-refractivity contribution is 0.0948. The molecule has 1 fully saturated rings. The van der Waals surface area contributed by atoms with E-state index >= 15 is 0 Å². The number of amides is 1. The molecule has 0 radical (unpaired) electrons. The molecule has 3 rings (SSSR count). The summed E-state index contributed by atoms with van der Waals surface area (Å²) in [6.07, 6.45) is 3.94. The lowest BCUT2D eigenvalue weighted by Crippen LogP contribution is -2.31. The number of hydrogen-bond acceptors (Lipinski definition) is 6. The highest BCUT2D eigenvalue weighted by atomic mass is 32.2. The van der Waals surface area contributed by atoms with E-state index in [1.165, 1.54) is 18.4 Å². The Kier molecular flexibility index (Phi) is 7.15. The number of thiophene rings is 1. The number of ether oxygens (including phenoxy) is 2. The Morgan fingerprint density at radius 2 is 1.79 bits per heavy atom. The van der Waals surface area contributed by atoms with Gasteiger partial charge in [-0.05, 0) is 37.1 Å². The maximum absolute atomic E-state index is 12.9. The number of methoxy groups -OCH3 is 2. The molecule has 1 aliphatic heterocycles. The minimum absolute atomic E-state index is 0.244. The minimum atomic E-state index is -3.47. The van der Waals surface area contributed by atoms with Gasteiger partial charge in [-0.3, -0.25) is 4.79 Å². The highest BCUT2D eigenvalue weighted by Gasteiger charge is 2.26. The second kappa shape index (κ2) is 9.60. The molecule has 1 aromatic heterocycles. The van der Waals surface area contributed by atoms with E-state index in [9.17, 15) is 13.2 Å². The number of rotatable bonds is 7. The van der Waals surface area contributed by atoms with Gasteiger partial charge in [0.2, 0.25) is 0 Å². The van der Waals surface area contributed by atoms with Crippen molar-refractivity contribution in [3.8, 4) is 11.5 Å². The molecule has 0 spiro atoms. The van der Waals surface area contributed by atoms with Crippen LogP contribution in [-0.4, -0.2) is 45.9 Å². The van der Waals surface area contributed by atoms with Crippen molar-refractivity contribution in [1.29, 1.82) is 0 Å². The smallest absolute Gasteiger partial charge is 0.255 e. The molecule has 0 unspecified atom stereocenters. The topological polar surface area (TPSA) is 84.9 Å². The van der Waals surface area contributed by atoms with Gasteiger partial charge >= 0.3 is 0 Å². The first-order valence-electron chi connectivity index (χ1n) is 9.55. The second-order valence-electron chi connectivity index (χ2n) is 6.79. The maximum atomic E-state index is 12.9. The van der Waals surface area contributed by atoms with Crippen LogP contribution in [-0.2, 0) is 16.6 Å². The fraction of sp³-hybridized carbons (Fsp3) is 0.450. The normalized spacial score (nSPS) is 15.5. The van der Waals surface area contributed by atoms with Crippen molar-refractivity contribution in [2.45, 2.75) is 36.4 Å². The summed E-state index contributed by atoms with van der Waals surface area (Å²) in [5.74, 6) is 0.715. The van der Waals surface area contributed by atoms with Gasteiger partial charge in [0, 0.05) is 24.0 Å². The van der Waals surface area contributed by atoms with Crippen LogP contribution in [0.4, 0.5) is 0 Å². The molecular formula is C20H26N2O5S2. The third kappa shape index (κ3) is 5.09. The van der Waals surface area contributed by atoms with Gasteiger partial charge in [0.15, 0.2) is 0 Å². The number of carbonyl (C=O) groups is 1. The van der Waals surface area contributed by atoms with Gasteiger partial charge in [0.05, 0.1) is 26.3 Å². The number of nitrogens with zero attached hydrogens (tertiary/aromatic N) is 1. The van der Waals surface area contributed by atoms with Crippen molar-refractivity contribution in [2.75, 3.05) is 27.3 Å². The summed E-state index contributed by atoms with van der Waals surface area (Å²) in [6, 6.07) is 8.35. The van der Waals surface area contributed by atoms with Crippen molar-refractivity contribution in [3.63, 3.8) is 0 Å². The summed E-state index contributed by atoms with van der Waals surface area (Å²) >= 11 is 1.20. The molecule has 0 aliphatic carbocycles. The average molecular weight is 439 g/mol. The number of sulfonamides is 1. The number of carbonyl (C=O) groups excluding carboxylic acids is 1. The highest BCUT2D eigenvalue weighted by Crippen LogP contribution is 2.28. The van der Waals surface area contributed by atoms with Crippen LogP contribution >= 0.6 is 11.3 Å². The standard InChI is InChI=1S/C20H26N2O5S2/c1-26-15-7-9-17(18(13-15)27-2)20(23)21-14-16-8-10-19(28-16)29(24,25)22-11-5-3-4-6-12-22/h7-10,13H,3-6,11-12,14H2,1-2H3,(H,21,23). The summed E-state index contributed by atoms with van der Waals surface area (Å²) in [5, 5.41) is 2.82. The molecule has 158 valence electrons. The van der Waals surface area contributed by atoms with Crippen molar-refractivity contribution < 1.29 is 22.7 Å². The Morgan fingerprint density at radius 1 is 1.07 bits per heavy atom. The van der Waals surface area contributed by atoms with Gasteiger partial charge in [-0.15, -0.1) is 11.3 Å². The van der Waals surface area contributed by atoms with E-state index in [0.717, 1.165) is 30.6 Å². The van der Waals surface area contributed by atoms with Gasteiger partial charge in [-0.2, -0.15) is 4.31 Å². The zero-order chi connectivity index (χ0) is 20.9. The van der Waals surface area contributed by atoms with Crippen LogP contribution in [0.15, 0.2) is 34.5 Å². The van der Waals surface area contributed by atoms with E-state index in [-0.39, 0.29) is 12.5 Å². The molecule has 0 bridgehead atoms. The van der Waals surface area contributed by atoms with Gasteiger partial charge in [0.1, 0.15) is 15.7 Å². The second-order valence-corrected chi connectivity index (χ2v) is 10.1. The van der Waals surface area contributed by atoms with Crippen LogP contribution in [0.3, 0.4) is 0 Å². The Labute approximate surface area is 175 Å². The lowest BCUT2D eigenvalue weighted by Gasteiger charge is -2.18. The van der Waals surface area contributed by atoms with Crippen molar-refractivity contribution in [2.24, 2.45) is 0 Å². The number of benzene rings is 1. The zero-order valence-corrected chi connectivity index (χ0v) is 18.3. The lowest BCUT2D eigenvalue weighted by atomic mass is 10.1. The molecule has 0 atom stereocenters. The predicted molar refractivity (Wildman–Crippen MR) is 112 cm³/mol. The fourth-order valence-electron chi connectivity index (χ4n) is 3.25. The zero-order valence-electron chi connectivity index (χ0n) is 16.6. The SMILES string of the molecule is COc1ccc(C(=O)NCc2ccc(S(=O)(=O)N3CCCCCC3)s2)c(OC)c1. The van der Waals surface area contributed by atoms with Crippen molar-refractivity contribution >= 4 is 27.3 Å². The first-order valence-corrected chi connectivity index (χ1v) is 11.8. The van der Waals surface area contributed by atoms with Crippen LogP contribution in [0, 0.1) is 0 Å². The molecule has 1 N–H and O–H groups in total. The van der Waals surface area contributed by atoms with Crippen LogP contribution in [0.2, 0.25) is 0 Å². The highest BCUT2D eigenvalue weighted by molar-refractivity contribution is 7.91. The minimum Gasteiger partial charge on any atom is -0.497 e. The molecule has 9 heteroatoms. The molecule has 1 aromatic carbocycles. The Hall–Kier alpha value is -2.10. The van der Waals surface area contributed by atoms with Crippen LogP contribution < -0.4 is 14.8 Å². The van der Waals surface area contributed by atoms with E-state index in [1.807, 2.05) is 0 Å². The van der Waals surface area contributed by atoms with Gasteiger partial charge in [-0.25, -0.2) is 8.42 Å². The third-order valence-corrected chi connectivity index (χ3v) is 8.32. The molecule has 1 aliphatic rings. The molecule has 7 nitrogen and oxygen atoms in total. The van der Waals surface area contributed by atoms with Crippen LogP contribution in [0.25, 0.3) is 0 Å². The first kappa shape index (κ1) is 21.6. The predicted octanol–water partition coefficient (Wildman–Crippen LogP) is 3.26. The molecule has 1 saturated heterocycles. The summed E-state index contributed by atoms with van der Waals surface area (Å²) in [6.45, 7) is 1.39. The molecule has 2 aromatic rings. The molecule has 0 saturated carbocycles. The van der Waals surface area contributed by atoms with Gasteiger partial charge < -0.3 is 14.8 Å². The molecule has 2 heterocycles. The molecular weight excluding hydrogens is 412 g/mol. The summed E-state index contributed by atoms with van der Waals surface area (Å²) in [7, 11) is -0.433. The van der Waals surface area contributed by atoms with E-state index in [4.69, 9.17) is 9.47 Å². The quantitative estimate of drug-likeness (QED) is 0.717. The Morgan fingerprint density at radius 3 is 2.45 bits per heavy atom. The summed E-state index contributed by atoms with van der Waals surface area (Å²) in [4.78, 5) is 13.3. The summed E-state index contributed by atoms with van der Waals surface area (Å²) < 4.78 is 38.1. The van der Waals surface area contributed by atoms with Gasteiger partial charge in [0.25, 0.3) is 15.9 Å². The largest absolute Gasteiger partial charge is 0.497 e. The summed E-state index contributed by atoms with van der Waals surface area (Å²) in [5.41, 5.74) is 0.391. The molecule has 1 amide bonds.